The number of carbonyl (C=O) groups excluding carboxylic acids is 1. The lowest BCUT2D eigenvalue weighted by Crippen LogP contribution is -2.49. The average molecular weight is 356 g/mol. The van der Waals surface area contributed by atoms with E-state index in [1.165, 1.54) is 18.2 Å². The average Bonchev–Trinajstić information content (AvgIpc) is 2.67. The van der Waals surface area contributed by atoms with Gasteiger partial charge >= 0.3 is 0 Å². The molecule has 0 N–H and O–H groups in total. The molecule has 1 saturated heterocycles. The first kappa shape index (κ1) is 17.6. The van der Waals surface area contributed by atoms with E-state index < -0.39 is 4.92 Å². The largest absolute Gasteiger partial charge is 0.361 e. The highest BCUT2D eigenvalue weighted by Crippen LogP contribution is 2.18. The monoisotopic (exact) mass is 356 g/mol. The Hall–Kier alpha value is -3.23. The zero-order chi connectivity index (χ0) is 18.7. The van der Waals surface area contributed by atoms with Gasteiger partial charge in [-0.05, 0) is 18.2 Å². The maximum Gasteiger partial charge on any atom is 0.270 e. The Morgan fingerprint density at radius 3 is 2.42 bits per heavy atom. The molecule has 0 saturated carbocycles. The number of aromatic nitrogens is 2. The second kappa shape index (κ2) is 7.34. The number of anilines is 2. The van der Waals surface area contributed by atoms with Gasteiger partial charge in [-0.2, -0.15) is 0 Å². The lowest BCUT2D eigenvalue weighted by molar-refractivity contribution is -0.384. The maximum atomic E-state index is 12.6. The molecule has 136 valence electrons. The van der Waals surface area contributed by atoms with E-state index in [2.05, 4.69) is 15.1 Å². The molecule has 26 heavy (non-hydrogen) atoms. The van der Waals surface area contributed by atoms with E-state index in [-0.39, 0.29) is 11.6 Å². The Kier molecular flexibility index (Phi) is 4.97. The van der Waals surface area contributed by atoms with Crippen molar-refractivity contribution in [3.05, 3.63) is 52.1 Å². The van der Waals surface area contributed by atoms with E-state index in [0.717, 1.165) is 11.6 Å². The Morgan fingerprint density at radius 2 is 1.85 bits per heavy atom. The van der Waals surface area contributed by atoms with Crippen molar-refractivity contribution in [1.29, 1.82) is 0 Å². The Labute approximate surface area is 151 Å². The first-order valence-corrected chi connectivity index (χ1v) is 8.25. The highest BCUT2D eigenvalue weighted by Gasteiger charge is 2.24. The Bertz CT molecular complexity index is 800. The van der Waals surface area contributed by atoms with Crippen LogP contribution in [0.25, 0.3) is 0 Å². The van der Waals surface area contributed by atoms with Crippen LogP contribution in [-0.2, 0) is 0 Å². The summed E-state index contributed by atoms with van der Waals surface area (Å²) in [5, 5.41) is 19.3. The number of hydrogen-bond acceptors (Lipinski definition) is 7. The van der Waals surface area contributed by atoms with Gasteiger partial charge in [-0.15, -0.1) is 10.2 Å². The molecule has 1 aliphatic rings. The molecule has 9 nitrogen and oxygen atoms in total. The summed E-state index contributed by atoms with van der Waals surface area (Å²) in [6.07, 6.45) is 0. The summed E-state index contributed by atoms with van der Waals surface area (Å²) in [7, 11) is 3.81. The summed E-state index contributed by atoms with van der Waals surface area (Å²) in [5.74, 6) is 1.37. The van der Waals surface area contributed by atoms with Crippen molar-refractivity contribution in [2.24, 2.45) is 0 Å². The normalized spacial score (nSPS) is 14.2. The van der Waals surface area contributed by atoms with Gasteiger partial charge in [0.1, 0.15) is 0 Å². The van der Waals surface area contributed by atoms with Crippen molar-refractivity contribution in [3.8, 4) is 0 Å². The standard InChI is InChI=1S/C17H20N6O3/c1-20(2)15-6-7-16(19-18-15)21-8-10-22(11-9-21)17(24)13-4-3-5-14(12-13)23(25)26/h3-7,12H,8-11H2,1-2H3. The predicted octanol–water partition coefficient (Wildman–Crippen LogP) is 1.41. The number of rotatable bonds is 4. The van der Waals surface area contributed by atoms with Crippen LogP contribution in [0, 0.1) is 10.1 Å². The fraction of sp³-hybridized carbons (Fsp3) is 0.353. The van der Waals surface area contributed by atoms with Crippen molar-refractivity contribution < 1.29 is 9.72 Å². The third-order valence-corrected chi connectivity index (χ3v) is 4.29. The molecule has 0 unspecified atom stereocenters. The lowest BCUT2D eigenvalue weighted by Gasteiger charge is -2.35. The minimum absolute atomic E-state index is 0.0780. The highest BCUT2D eigenvalue weighted by molar-refractivity contribution is 5.95. The van der Waals surface area contributed by atoms with E-state index in [1.54, 1.807) is 11.0 Å². The molecule has 0 radical (unpaired) electrons. The molecule has 0 atom stereocenters. The van der Waals surface area contributed by atoms with Crippen molar-refractivity contribution in [3.63, 3.8) is 0 Å². The summed E-state index contributed by atoms with van der Waals surface area (Å²) in [4.78, 5) is 28.6. The molecule has 1 aliphatic heterocycles. The fourth-order valence-corrected chi connectivity index (χ4v) is 2.80. The summed E-state index contributed by atoms with van der Waals surface area (Å²) in [6.45, 7) is 2.32. The van der Waals surface area contributed by atoms with E-state index in [1.807, 2.05) is 31.1 Å². The van der Waals surface area contributed by atoms with Crippen LogP contribution in [0.3, 0.4) is 0 Å². The fourth-order valence-electron chi connectivity index (χ4n) is 2.80. The summed E-state index contributed by atoms with van der Waals surface area (Å²) in [5.41, 5.74) is 0.258. The maximum absolute atomic E-state index is 12.6. The SMILES string of the molecule is CN(C)c1ccc(N2CCN(C(=O)c3cccc([N+](=O)[O-])c3)CC2)nn1. The zero-order valence-corrected chi connectivity index (χ0v) is 14.7. The van der Waals surface area contributed by atoms with Gasteiger partial charge in [0, 0.05) is 58.0 Å². The van der Waals surface area contributed by atoms with Gasteiger partial charge in [0.15, 0.2) is 11.6 Å². The van der Waals surface area contributed by atoms with Crippen LogP contribution in [-0.4, -0.2) is 66.2 Å². The van der Waals surface area contributed by atoms with Gasteiger partial charge in [-0.1, -0.05) is 6.07 Å². The predicted molar refractivity (Wildman–Crippen MR) is 97.6 cm³/mol. The van der Waals surface area contributed by atoms with Crippen LogP contribution >= 0.6 is 0 Å². The van der Waals surface area contributed by atoms with Gasteiger partial charge in [-0.3, -0.25) is 14.9 Å². The highest BCUT2D eigenvalue weighted by atomic mass is 16.6. The molecule has 0 bridgehead atoms. The number of nitro benzene ring substituents is 1. The van der Waals surface area contributed by atoms with E-state index >= 15 is 0 Å². The minimum atomic E-state index is -0.495. The number of benzene rings is 1. The molecule has 1 aromatic carbocycles. The van der Waals surface area contributed by atoms with Crippen molar-refractivity contribution in [1.82, 2.24) is 15.1 Å². The number of nitro groups is 1. The second-order valence-corrected chi connectivity index (χ2v) is 6.23. The molecule has 9 heteroatoms. The van der Waals surface area contributed by atoms with Crippen LogP contribution in [0.4, 0.5) is 17.3 Å². The van der Waals surface area contributed by atoms with Crippen molar-refractivity contribution in [2.45, 2.75) is 0 Å². The summed E-state index contributed by atoms with van der Waals surface area (Å²) in [6, 6.07) is 9.66. The van der Waals surface area contributed by atoms with Crippen molar-refractivity contribution in [2.75, 3.05) is 50.1 Å². The van der Waals surface area contributed by atoms with Crippen LogP contribution in [0.1, 0.15) is 10.4 Å². The number of carbonyl (C=O) groups is 1. The first-order chi connectivity index (χ1) is 12.5. The summed E-state index contributed by atoms with van der Waals surface area (Å²) >= 11 is 0. The van der Waals surface area contributed by atoms with Gasteiger partial charge < -0.3 is 14.7 Å². The zero-order valence-electron chi connectivity index (χ0n) is 14.7. The molecule has 2 aromatic rings. The molecule has 2 heterocycles. The van der Waals surface area contributed by atoms with Crippen LogP contribution in [0.2, 0.25) is 0 Å². The van der Waals surface area contributed by atoms with Crippen molar-refractivity contribution >= 4 is 23.2 Å². The smallest absolute Gasteiger partial charge is 0.270 e. The Morgan fingerprint density at radius 1 is 1.12 bits per heavy atom. The van der Waals surface area contributed by atoms with Crippen LogP contribution in [0.5, 0.6) is 0 Å². The van der Waals surface area contributed by atoms with Gasteiger partial charge in [0.25, 0.3) is 11.6 Å². The van der Waals surface area contributed by atoms with Gasteiger partial charge in [0.2, 0.25) is 0 Å². The number of non-ortho nitro benzene ring substituents is 1. The lowest BCUT2D eigenvalue weighted by atomic mass is 10.1. The molecular weight excluding hydrogens is 336 g/mol. The number of nitrogens with zero attached hydrogens (tertiary/aromatic N) is 6. The van der Waals surface area contributed by atoms with E-state index in [0.29, 0.717) is 31.7 Å². The van der Waals surface area contributed by atoms with E-state index in [9.17, 15) is 14.9 Å². The molecule has 3 rings (SSSR count). The third-order valence-electron chi connectivity index (χ3n) is 4.29. The second-order valence-electron chi connectivity index (χ2n) is 6.23. The Balaban J connectivity index is 1.63. The topological polar surface area (TPSA) is 95.7 Å². The first-order valence-electron chi connectivity index (χ1n) is 8.25. The molecule has 1 amide bonds. The number of amides is 1. The van der Waals surface area contributed by atoms with Gasteiger partial charge in [-0.25, -0.2) is 0 Å². The molecule has 0 aliphatic carbocycles. The molecule has 1 fully saturated rings. The number of piperazine rings is 1. The minimum Gasteiger partial charge on any atom is -0.361 e. The molecule has 0 spiro atoms. The van der Waals surface area contributed by atoms with Gasteiger partial charge in [0.05, 0.1) is 4.92 Å². The van der Waals surface area contributed by atoms with Crippen LogP contribution < -0.4 is 9.80 Å². The van der Waals surface area contributed by atoms with Crippen LogP contribution in [0.15, 0.2) is 36.4 Å². The molecule has 1 aromatic heterocycles. The quantitative estimate of drug-likeness (QED) is 0.604. The third kappa shape index (κ3) is 3.71. The number of hydrogen-bond donors (Lipinski definition) is 0. The summed E-state index contributed by atoms with van der Waals surface area (Å²) < 4.78 is 0. The van der Waals surface area contributed by atoms with E-state index in [4.69, 9.17) is 0 Å². The molecular formula is C17H20N6O3.